The Bertz CT molecular complexity index is 993. The normalized spacial score (nSPS) is 17.1. The van der Waals surface area contributed by atoms with E-state index in [1.54, 1.807) is 17.2 Å². The van der Waals surface area contributed by atoms with Crippen molar-refractivity contribution in [3.63, 3.8) is 0 Å². The molecule has 0 bridgehead atoms. The molecule has 138 valence electrons. The minimum Gasteiger partial charge on any atom is -0.338 e. The number of carbonyl (C=O) groups is 2. The zero-order valence-corrected chi connectivity index (χ0v) is 16.0. The Kier molecular flexibility index (Phi) is 5.05. The highest BCUT2D eigenvalue weighted by molar-refractivity contribution is 7.13. The summed E-state index contributed by atoms with van der Waals surface area (Å²) in [5.74, 6) is -0.475. The van der Waals surface area contributed by atoms with Crippen molar-refractivity contribution < 1.29 is 9.59 Å². The molecule has 0 saturated carbocycles. The molecule has 1 N–H and O–H groups in total. The fourth-order valence-electron chi connectivity index (χ4n) is 3.36. The summed E-state index contributed by atoms with van der Waals surface area (Å²) in [6.45, 7) is 0.998. The molecule has 6 nitrogen and oxygen atoms in total. The lowest BCUT2D eigenvalue weighted by atomic mass is 9.96. The third kappa shape index (κ3) is 3.79. The minimum atomic E-state index is -0.254. The molecule has 0 aliphatic carbocycles. The quantitative estimate of drug-likeness (QED) is 0.678. The average Bonchev–Trinajstić information content (AvgIpc) is 3.20. The number of halogens is 1. The van der Waals surface area contributed by atoms with Gasteiger partial charge in [-0.15, -0.1) is 11.3 Å². The van der Waals surface area contributed by atoms with Crippen molar-refractivity contribution in [1.29, 1.82) is 0 Å². The van der Waals surface area contributed by atoms with Crippen LogP contribution in [0.25, 0.3) is 10.9 Å². The van der Waals surface area contributed by atoms with E-state index in [0.29, 0.717) is 29.3 Å². The minimum absolute atomic E-state index is 0.0972. The molecule has 2 aromatic heterocycles. The molecule has 1 aliphatic rings. The number of likely N-dealkylation sites (tertiary alicyclic amines) is 1. The number of hydrogen-bond acceptors (Lipinski definition) is 5. The summed E-state index contributed by atoms with van der Waals surface area (Å²) in [6, 6.07) is 9.03. The van der Waals surface area contributed by atoms with E-state index in [0.717, 1.165) is 18.2 Å². The lowest BCUT2D eigenvalue weighted by Crippen LogP contribution is -2.43. The van der Waals surface area contributed by atoms with Gasteiger partial charge >= 0.3 is 0 Å². The van der Waals surface area contributed by atoms with Crippen molar-refractivity contribution in [1.82, 2.24) is 14.9 Å². The first-order chi connectivity index (χ1) is 13.1. The van der Waals surface area contributed by atoms with Gasteiger partial charge in [-0.25, -0.2) is 9.97 Å². The van der Waals surface area contributed by atoms with Gasteiger partial charge in [-0.2, -0.15) is 0 Å². The molecule has 2 amide bonds. The van der Waals surface area contributed by atoms with Crippen LogP contribution in [0.4, 0.5) is 5.13 Å². The lowest BCUT2D eigenvalue weighted by Gasteiger charge is -2.32. The Labute approximate surface area is 165 Å². The summed E-state index contributed by atoms with van der Waals surface area (Å²) in [7, 11) is 0. The number of pyridine rings is 1. The third-order valence-electron chi connectivity index (χ3n) is 4.66. The van der Waals surface area contributed by atoms with E-state index in [-0.39, 0.29) is 22.9 Å². The second kappa shape index (κ2) is 7.62. The number of hydrogen-bond donors (Lipinski definition) is 1. The predicted octanol–water partition coefficient (Wildman–Crippen LogP) is 3.84. The number of benzene rings is 1. The second-order valence-corrected chi connectivity index (χ2v) is 7.71. The van der Waals surface area contributed by atoms with Crippen LogP contribution in [-0.4, -0.2) is 39.8 Å². The van der Waals surface area contributed by atoms with Gasteiger partial charge in [0.1, 0.15) is 5.15 Å². The molecule has 1 unspecified atom stereocenters. The lowest BCUT2D eigenvalue weighted by molar-refractivity contribution is -0.121. The monoisotopic (exact) mass is 400 g/mol. The average molecular weight is 401 g/mol. The van der Waals surface area contributed by atoms with Crippen LogP contribution < -0.4 is 5.32 Å². The Morgan fingerprint density at radius 1 is 1.30 bits per heavy atom. The maximum Gasteiger partial charge on any atom is 0.254 e. The summed E-state index contributed by atoms with van der Waals surface area (Å²) in [5.41, 5.74) is 1.20. The summed E-state index contributed by atoms with van der Waals surface area (Å²) in [6.07, 6.45) is 3.17. The van der Waals surface area contributed by atoms with Crippen LogP contribution in [0.1, 0.15) is 23.2 Å². The summed E-state index contributed by atoms with van der Waals surface area (Å²) < 4.78 is 0. The van der Waals surface area contributed by atoms with Crippen molar-refractivity contribution in [2.24, 2.45) is 5.92 Å². The van der Waals surface area contributed by atoms with Gasteiger partial charge < -0.3 is 10.2 Å². The van der Waals surface area contributed by atoms with E-state index < -0.39 is 0 Å². The van der Waals surface area contributed by atoms with Crippen molar-refractivity contribution in [3.8, 4) is 0 Å². The van der Waals surface area contributed by atoms with Crippen LogP contribution >= 0.6 is 22.9 Å². The molecule has 1 aliphatic heterocycles. The van der Waals surface area contributed by atoms with E-state index in [4.69, 9.17) is 11.6 Å². The van der Waals surface area contributed by atoms with Crippen LogP contribution in [0.2, 0.25) is 5.15 Å². The van der Waals surface area contributed by atoms with Gasteiger partial charge in [-0.3, -0.25) is 9.59 Å². The summed E-state index contributed by atoms with van der Waals surface area (Å²) >= 11 is 7.49. The van der Waals surface area contributed by atoms with Crippen molar-refractivity contribution in [2.75, 3.05) is 18.4 Å². The molecule has 4 rings (SSSR count). The molecule has 1 fully saturated rings. The number of aromatic nitrogens is 2. The second-order valence-electron chi connectivity index (χ2n) is 6.43. The van der Waals surface area contributed by atoms with E-state index >= 15 is 0 Å². The van der Waals surface area contributed by atoms with Gasteiger partial charge in [0.2, 0.25) is 5.91 Å². The fourth-order valence-corrected chi connectivity index (χ4v) is 4.09. The molecule has 1 saturated heterocycles. The zero-order chi connectivity index (χ0) is 18.8. The number of para-hydroxylation sites is 1. The SMILES string of the molecule is O=C(Nc1nccs1)C1CCCN(C(=O)c2cc(Cl)nc3ccccc23)C1. The molecule has 0 spiro atoms. The van der Waals surface area contributed by atoms with Crippen LogP contribution in [0.5, 0.6) is 0 Å². The van der Waals surface area contributed by atoms with Crippen molar-refractivity contribution in [3.05, 3.63) is 52.6 Å². The number of thiazole rings is 1. The molecule has 0 radical (unpaired) electrons. The molecule has 8 heteroatoms. The van der Waals surface area contributed by atoms with E-state index in [2.05, 4.69) is 15.3 Å². The van der Waals surface area contributed by atoms with Crippen LogP contribution in [0.3, 0.4) is 0 Å². The summed E-state index contributed by atoms with van der Waals surface area (Å²) in [5, 5.41) is 6.27. The first kappa shape index (κ1) is 17.9. The highest BCUT2D eigenvalue weighted by Crippen LogP contribution is 2.25. The Hall–Kier alpha value is -2.51. The molecular weight excluding hydrogens is 384 g/mol. The number of carbonyl (C=O) groups excluding carboxylic acids is 2. The summed E-state index contributed by atoms with van der Waals surface area (Å²) in [4.78, 5) is 35.8. The maximum atomic E-state index is 13.1. The van der Waals surface area contributed by atoms with E-state index in [9.17, 15) is 9.59 Å². The van der Waals surface area contributed by atoms with Crippen molar-refractivity contribution >= 4 is 50.8 Å². The van der Waals surface area contributed by atoms with Gasteiger partial charge in [0.05, 0.1) is 17.0 Å². The molecular formula is C19H17ClN4O2S. The number of rotatable bonds is 3. The van der Waals surface area contributed by atoms with Gasteiger partial charge in [0, 0.05) is 30.1 Å². The number of nitrogens with one attached hydrogen (secondary N) is 1. The molecule has 1 atom stereocenters. The predicted molar refractivity (Wildman–Crippen MR) is 106 cm³/mol. The highest BCUT2D eigenvalue weighted by Gasteiger charge is 2.30. The first-order valence-electron chi connectivity index (χ1n) is 8.67. The van der Waals surface area contributed by atoms with E-state index in [1.807, 2.05) is 29.6 Å². The van der Waals surface area contributed by atoms with Gasteiger partial charge in [0.15, 0.2) is 5.13 Å². The molecule has 3 aromatic rings. The Morgan fingerprint density at radius 2 is 2.15 bits per heavy atom. The van der Waals surface area contributed by atoms with Crippen LogP contribution in [0.15, 0.2) is 41.9 Å². The number of amides is 2. The number of anilines is 1. The third-order valence-corrected chi connectivity index (χ3v) is 5.54. The highest BCUT2D eigenvalue weighted by atomic mass is 35.5. The smallest absolute Gasteiger partial charge is 0.254 e. The van der Waals surface area contributed by atoms with Crippen molar-refractivity contribution in [2.45, 2.75) is 12.8 Å². The number of nitrogens with zero attached hydrogens (tertiary/aromatic N) is 3. The standard InChI is InChI=1S/C19H17ClN4O2S/c20-16-10-14(13-5-1-2-6-15(13)22-16)18(26)24-8-3-4-12(11-24)17(25)23-19-21-7-9-27-19/h1-2,5-7,9-10,12H,3-4,8,11H2,(H,21,23,25). The fraction of sp³-hybridized carbons (Fsp3) is 0.263. The first-order valence-corrected chi connectivity index (χ1v) is 9.92. The van der Waals surface area contributed by atoms with Gasteiger partial charge in [0.25, 0.3) is 5.91 Å². The van der Waals surface area contributed by atoms with Crippen LogP contribution in [-0.2, 0) is 4.79 Å². The molecule has 27 heavy (non-hydrogen) atoms. The number of fused-ring (bicyclic) bond motifs is 1. The molecule has 3 heterocycles. The Balaban J connectivity index is 1.55. The number of piperidine rings is 1. The van der Waals surface area contributed by atoms with Gasteiger partial charge in [-0.1, -0.05) is 29.8 Å². The largest absolute Gasteiger partial charge is 0.338 e. The van der Waals surface area contributed by atoms with Gasteiger partial charge in [-0.05, 0) is 25.0 Å². The maximum absolute atomic E-state index is 13.1. The topological polar surface area (TPSA) is 75.2 Å². The zero-order valence-electron chi connectivity index (χ0n) is 14.4. The van der Waals surface area contributed by atoms with Crippen LogP contribution in [0, 0.1) is 5.92 Å². The Morgan fingerprint density at radius 3 is 2.96 bits per heavy atom. The van der Waals surface area contributed by atoms with E-state index in [1.165, 1.54) is 11.3 Å². The molecule has 1 aromatic carbocycles.